The summed E-state index contributed by atoms with van der Waals surface area (Å²) in [5, 5.41) is 7.70. The van der Waals surface area contributed by atoms with E-state index in [1.54, 1.807) is 14.2 Å². The first-order valence-corrected chi connectivity index (χ1v) is 12.0. The third-order valence-electron chi connectivity index (χ3n) is 6.43. The van der Waals surface area contributed by atoms with Gasteiger partial charge in [0.05, 0.1) is 20.8 Å². The number of aryl methyl sites for hydroxylation is 2. The molecule has 7 heteroatoms. The van der Waals surface area contributed by atoms with Crippen LogP contribution in [0.3, 0.4) is 0 Å². The van der Waals surface area contributed by atoms with Crippen molar-refractivity contribution < 1.29 is 14.0 Å². The van der Waals surface area contributed by atoms with Crippen molar-refractivity contribution in [3.05, 3.63) is 59.4 Å². The minimum atomic E-state index is 0.653. The molecule has 1 saturated heterocycles. The van der Waals surface area contributed by atoms with Gasteiger partial charge in [0.25, 0.3) is 0 Å². The van der Waals surface area contributed by atoms with Crippen LogP contribution in [0.1, 0.15) is 23.3 Å². The highest BCUT2D eigenvalue weighted by atomic mass is 16.5. The van der Waals surface area contributed by atoms with E-state index in [9.17, 15) is 0 Å². The average molecular weight is 465 g/mol. The van der Waals surface area contributed by atoms with Crippen molar-refractivity contribution >= 4 is 5.69 Å². The number of benzene rings is 2. The van der Waals surface area contributed by atoms with Crippen LogP contribution in [0.5, 0.6) is 11.5 Å². The van der Waals surface area contributed by atoms with E-state index in [4.69, 9.17) is 14.0 Å². The molecule has 1 fully saturated rings. The Balaban J connectivity index is 1.18. The lowest BCUT2D eigenvalue weighted by Gasteiger charge is -2.37. The van der Waals surface area contributed by atoms with Gasteiger partial charge in [-0.05, 0) is 57.1 Å². The monoisotopic (exact) mass is 464 g/mol. The normalized spacial score (nSPS) is 14.4. The molecule has 0 atom stereocenters. The van der Waals surface area contributed by atoms with Gasteiger partial charge < -0.3 is 24.2 Å². The van der Waals surface area contributed by atoms with Crippen molar-refractivity contribution in [1.82, 2.24) is 15.4 Å². The Morgan fingerprint density at radius 2 is 1.82 bits per heavy atom. The topological polar surface area (TPSA) is 63.0 Å². The smallest absolute Gasteiger partial charge is 0.170 e. The molecule has 0 amide bonds. The van der Waals surface area contributed by atoms with Gasteiger partial charge in [0.1, 0.15) is 5.69 Å². The van der Waals surface area contributed by atoms with Crippen LogP contribution in [0, 0.1) is 13.8 Å². The number of hydrogen-bond donors (Lipinski definition) is 1. The van der Waals surface area contributed by atoms with Crippen molar-refractivity contribution in [1.29, 1.82) is 0 Å². The summed E-state index contributed by atoms with van der Waals surface area (Å²) in [5.74, 6) is 2.15. The summed E-state index contributed by atoms with van der Waals surface area (Å²) >= 11 is 0. The minimum absolute atomic E-state index is 0.653. The lowest BCUT2D eigenvalue weighted by Crippen LogP contribution is -2.47. The second kappa shape index (κ2) is 11.4. The molecule has 0 aliphatic carbocycles. The number of anilines is 1. The largest absolute Gasteiger partial charge is 0.493 e. The molecule has 0 unspecified atom stereocenters. The van der Waals surface area contributed by atoms with Crippen molar-refractivity contribution in [2.24, 2.45) is 0 Å². The Hall–Kier alpha value is -3.03. The fourth-order valence-corrected chi connectivity index (χ4v) is 4.62. The molecule has 1 aliphatic rings. The fraction of sp³-hybridized carbons (Fsp3) is 0.444. The van der Waals surface area contributed by atoms with Crippen molar-refractivity contribution in [3.8, 4) is 22.8 Å². The quantitative estimate of drug-likeness (QED) is 0.450. The fourth-order valence-electron chi connectivity index (χ4n) is 4.62. The maximum absolute atomic E-state index is 5.53. The molecule has 2 aromatic carbocycles. The molecule has 2 heterocycles. The second-order valence-corrected chi connectivity index (χ2v) is 8.87. The second-order valence-electron chi connectivity index (χ2n) is 8.87. The summed E-state index contributed by atoms with van der Waals surface area (Å²) < 4.78 is 16.4. The van der Waals surface area contributed by atoms with Gasteiger partial charge in [-0.15, -0.1) is 0 Å². The molecule has 3 aromatic rings. The Morgan fingerprint density at radius 1 is 1.00 bits per heavy atom. The van der Waals surface area contributed by atoms with E-state index < -0.39 is 0 Å². The van der Waals surface area contributed by atoms with Crippen molar-refractivity contribution in [2.45, 2.75) is 26.8 Å². The van der Waals surface area contributed by atoms with E-state index in [0.29, 0.717) is 18.0 Å². The molecule has 1 aromatic heterocycles. The lowest BCUT2D eigenvalue weighted by atomic mass is 10.1. The molecule has 0 bridgehead atoms. The summed E-state index contributed by atoms with van der Waals surface area (Å²) in [6.45, 7) is 11.5. The van der Waals surface area contributed by atoms with E-state index in [0.717, 1.165) is 62.7 Å². The van der Waals surface area contributed by atoms with Crippen LogP contribution < -0.4 is 19.7 Å². The van der Waals surface area contributed by atoms with Gasteiger partial charge in [-0.1, -0.05) is 28.9 Å². The highest BCUT2D eigenvalue weighted by Gasteiger charge is 2.18. The summed E-state index contributed by atoms with van der Waals surface area (Å²) in [6.07, 6.45) is 1.11. The number of nitrogens with zero attached hydrogens (tertiary/aromatic N) is 3. The average Bonchev–Trinajstić information content (AvgIpc) is 3.32. The summed E-state index contributed by atoms with van der Waals surface area (Å²) in [7, 11) is 3.26. The number of hydrogen-bond acceptors (Lipinski definition) is 7. The highest BCUT2D eigenvalue weighted by molar-refractivity contribution is 5.71. The molecule has 0 radical (unpaired) electrons. The van der Waals surface area contributed by atoms with Gasteiger partial charge in [0, 0.05) is 43.5 Å². The number of para-hydroxylation sites is 1. The van der Waals surface area contributed by atoms with Gasteiger partial charge in [0.15, 0.2) is 17.3 Å². The lowest BCUT2D eigenvalue weighted by molar-refractivity contribution is 0.253. The van der Waals surface area contributed by atoms with Gasteiger partial charge in [0.2, 0.25) is 0 Å². The van der Waals surface area contributed by atoms with Crippen LogP contribution in [0.25, 0.3) is 11.3 Å². The molecule has 4 rings (SSSR count). The summed E-state index contributed by atoms with van der Waals surface area (Å²) in [4.78, 5) is 5.08. The van der Waals surface area contributed by atoms with Crippen LogP contribution in [0.2, 0.25) is 0 Å². The van der Waals surface area contributed by atoms with E-state index in [-0.39, 0.29) is 0 Å². The predicted octanol–water partition coefficient (Wildman–Crippen LogP) is 4.28. The third-order valence-corrected chi connectivity index (χ3v) is 6.43. The highest BCUT2D eigenvalue weighted by Crippen LogP contribution is 2.37. The Morgan fingerprint density at radius 3 is 2.56 bits per heavy atom. The zero-order valence-corrected chi connectivity index (χ0v) is 20.8. The van der Waals surface area contributed by atoms with Crippen LogP contribution in [-0.4, -0.2) is 63.5 Å². The van der Waals surface area contributed by atoms with E-state index in [1.165, 1.54) is 16.8 Å². The molecule has 1 aliphatic heterocycles. The summed E-state index contributed by atoms with van der Waals surface area (Å²) in [5.41, 5.74) is 5.68. The number of ether oxygens (including phenoxy) is 2. The molecule has 0 spiro atoms. The van der Waals surface area contributed by atoms with E-state index >= 15 is 0 Å². The van der Waals surface area contributed by atoms with Crippen molar-refractivity contribution in [2.75, 3.05) is 58.4 Å². The van der Waals surface area contributed by atoms with Crippen LogP contribution in [0.15, 0.2) is 47.0 Å². The standard InChI is InChI=1S/C27H36N4O3/c1-20-9-10-25(21(2)17-20)31-15-13-30(14-16-31)12-6-11-28-19-22-18-24(29-34-22)23-7-5-8-26(32-3)27(23)33-4/h5,7-10,17-18,28H,6,11-16,19H2,1-4H3. The minimum Gasteiger partial charge on any atom is -0.493 e. The van der Waals surface area contributed by atoms with Gasteiger partial charge >= 0.3 is 0 Å². The predicted molar refractivity (Wildman–Crippen MR) is 136 cm³/mol. The van der Waals surface area contributed by atoms with E-state index in [1.807, 2.05) is 24.3 Å². The van der Waals surface area contributed by atoms with Gasteiger partial charge in [-0.3, -0.25) is 4.90 Å². The Labute approximate surface area is 202 Å². The third kappa shape index (κ3) is 5.72. The molecule has 34 heavy (non-hydrogen) atoms. The van der Waals surface area contributed by atoms with Crippen LogP contribution in [0.4, 0.5) is 5.69 Å². The Bertz CT molecular complexity index is 1070. The molecular formula is C27H36N4O3. The van der Waals surface area contributed by atoms with Gasteiger partial charge in [-0.25, -0.2) is 0 Å². The SMILES string of the molecule is COc1cccc(-c2cc(CNCCCN3CCN(c4ccc(C)cc4C)CC3)on2)c1OC. The Kier molecular flexibility index (Phi) is 8.08. The zero-order valence-electron chi connectivity index (χ0n) is 20.8. The molecule has 0 saturated carbocycles. The molecule has 182 valence electrons. The number of methoxy groups -OCH3 is 2. The molecule has 1 N–H and O–H groups in total. The van der Waals surface area contributed by atoms with Crippen molar-refractivity contribution in [3.63, 3.8) is 0 Å². The number of nitrogens with one attached hydrogen (secondary N) is 1. The maximum Gasteiger partial charge on any atom is 0.170 e. The molecule has 7 nitrogen and oxygen atoms in total. The zero-order chi connectivity index (χ0) is 23.9. The summed E-state index contributed by atoms with van der Waals surface area (Å²) in [6, 6.07) is 14.5. The van der Waals surface area contributed by atoms with Crippen LogP contribution in [-0.2, 0) is 6.54 Å². The molecular weight excluding hydrogens is 428 g/mol. The van der Waals surface area contributed by atoms with E-state index in [2.05, 4.69) is 52.3 Å². The first-order valence-electron chi connectivity index (χ1n) is 12.0. The number of piperazine rings is 1. The number of rotatable bonds is 10. The first-order chi connectivity index (χ1) is 16.6. The van der Waals surface area contributed by atoms with Crippen LogP contribution >= 0.6 is 0 Å². The maximum atomic E-state index is 5.53. The number of aromatic nitrogens is 1. The van der Waals surface area contributed by atoms with Gasteiger partial charge in [-0.2, -0.15) is 0 Å². The first kappa shape index (κ1) is 24.1.